The van der Waals surface area contributed by atoms with E-state index in [0.717, 1.165) is 18.9 Å². The fourth-order valence-corrected chi connectivity index (χ4v) is 5.64. The van der Waals surface area contributed by atoms with E-state index < -0.39 is 29.5 Å². The Morgan fingerprint density at radius 2 is 2.03 bits per heavy atom. The van der Waals surface area contributed by atoms with Crippen molar-refractivity contribution >= 4 is 23.3 Å². The van der Waals surface area contributed by atoms with Crippen molar-refractivity contribution in [3.8, 4) is 17.0 Å². The zero-order valence-electron chi connectivity index (χ0n) is 21.2. The minimum absolute atomic E-state index is 0.0240. The highest BCUT2D eigenvalue weighted by atomic mass is 19.4. The van der Waals surface area contributed by atoms with E-state index in [4.69, 9.17) is 5.73 Å². The first-order chi connectivity index (χ1) is 18.3. The lowest BCUT2D eigenvalue weighted by molar-refractivity contribution is -0.274. The number of amides is 2. The highest BCUT2D eigenvalue weighted by Gasteiger charge is 2.43. The number of fused-ring (bicyclic) bond motifs is 2. The van der Waals surface area contributed by atoms with E-state index in [2.05, 4.69) is 20.1 Å². The zero-order chi connectivity index (χ0) is 27.9. The Morgan fingerprint density at radius 1 is 1.31 bits per heavy atom. The first kappa shape index (κ1) is 25.4. The SMILES string of the molecule is CC(C1CC1)N1Cc2cc(-c3ccn4nc(N)c(C(=O)NC5CC(C)(O)C5)c4n3)cc(OC(F)(F)F)c2C1=O. The summed E-state index contributed by atoms with van der Waals surface area (Å²) in [6.07, 6.45) is -0.759. The number of nitrogens with zero attached hydrogens (tertiary/aromatic N) is 4. The number of nitrogens with one attached hydrogen (secondary N) is 1. The number of nitrogen functional groups attached to an aromatic ring is 1. The summed E-state index contributed by atoms with van der Waals surface area (Å²) >= 11 is 0. The fraction of sp³-hybridized carbons (Fsp3) is 0.462. The molecule has 0 radical (unpaired) electrons. The van der Waals surface area contributed by atoms with Crippen molar-refractivity contribution in [2.24, 2.45) is 5.92 Å². The van der Waals surface area contributed by atoms with Gasteiger partial charge in [-0.15, -0.1) is 18.3 Å². The van der Waals surface area contributed by atoms with E-state index in [1.165, 1.54) is 16.8 Å². The van der Waals surface area contributed by atoms with E-state index in [1.54, 1.807) is 17.9 Å². The number of ether oxygens (including phenoxy) is 1. The standard InChI is InChI=1S/C26H27F3N6O4/c1-12(13-3-4-13)34-11-15-7-14(8-18(19(15)24(34)37)39-26(27,28)29)17-5-6-35-22(32-17)20(21(30)33-35)23(36)31-16-9-25(2,38)10-16/h5-8,12-13,16,38H,3-4,9-11H2,1-2H3,(H2,30,33)(H,31,36). The largest absolute Gasteiger partial charge is 0.573 e. The third kappa shape index (κ3) is 4.64. The normalized spacial score (nSPS) is 23.5. The molecule has 2 fully saturated rings. The van der Waals surface area contributed by atoms with Crippen molar-refractivity contribution in [3.05, 3.63) is 41.1 Å². The number of aromatic nitrogens is 3. The van der Waals surface area contributed by atoms with E-state index in [-0.39, 0.29) is 52.5 Å². The number of aliphatic hydroxyl groups is 1. The Bertz CT molecular complexity index is 1510. The number of rotatable bonds is 6. The van der Waals surface area contributed by atoms with Crippen LogP contribution in [-0.4, -0.2) is 60.5 Å². The number of carbonyl (C=O) groups is 2. The average Bonchev–Trinajstić information content (AvgIpc) is 3.53. The Hall–Kier alpha value is -3.87. The van der Waals surface area contributed by atoms with E-state index in [9.17, 15) is 27.9 Å². The number of benzene rings is 1. The van der Waals surface area contributed by atoms with Crippen LogP contribution in [0.5, 0.6) is 5.75 Å². The third-order valence-electron chi connectivity index (χ3n) is 7.76. The highest BCUT2D eigenvalue weighted by Crippen LogP contribution is 2.42. The van der Waals surface area contributed by atoms with Crippen molar-refractivity contribution in [1.82, 2.24) is 24.8 Å². The lowest BCUT2D eigenvalue weighted by Gasteiger charge is -2.41. The van der Waals surface area contributed by atoms with Crippen LogP contribution in [0.4, 0.5) is 19.0 Å². The molecular weight excluding hydrogens is 517 g/mol. The molecule has 10 nitrogen and oxygen atoms in total. The molecule has 0 spiro atoms. The van der Waals surface area contributed by atoms with Crippen LogP contribution in [0.15, 0.2) is 24.4 Å². The fourth-order valence-electron chi connectivity index (χ4n) is 5.64. The summed E-state index contributed by atoms with van der Waals surface area (Å²) in [6.45, 7) is 3.75. The van der Waals surface area contributed by atoms with Crippen LogP contribution in [0.2, 0.25) is 0 Å². The molecule has 6 rings (SSSR count). The van der Waals surface area contributed by atoms with Gasteiger partial charge in [0.05, 0.1) is 16.9 Å². The molecule has 39 heavy (non-hydrogen) atoms. The predicted octanol–water partition coefficient (Wildman–Crippen LogP) is 3.27. The van der Waals surface area contributed by atoms with Crippen molar-refractivity contribution in [2.45, 2.75) is 70.1 Å². The van der Waals surface area contributed by atoms with E-state index in [0.29, 0.717) is 24.3 Å². The van der Waals surface area contributed by atoms with Crippen LogP contribution in [-0.2, 0) is 6.54 Å². The summed E-state index contributed by atoms with van der Waals surface area (Å²) < 4.78 is 45.7. The molecule has 3 aliphatic rings. The van der Waals surface area contributed by atoms with Crippen molar-refractivity contribution in [3.63, 3.8) is 0 Å². The van der Waals surface area contributed by atoms with Gasteiger partial charge in [0, 0.05) is 30.4 Å². The third-order valence-corrected chi connectivity index (χ3v) is 7.76. The van der Waals surface area contributed by atoms with Gasteiger partial charge in [-0.25, -0.2) is 9.50 Å². The summed E-state index contributed by atoms with van der Waals surface area (Å²) in [7, 11) is 0. The minimum atomic E-state index is -5.00. The number of hydrogen-bond acceptors (Lipinski definition) is 7. The second-order valence-corrected chi connectivity index (χ2v) is 11.0. The Morgan fingerprint density at radius 3 is 2.67 bits per heavy atom. The maximum Gasteiger partial charge on any atom is 0.573 e. The van der Waals surface area contributed by atoms with Gasteiger partial charge in [0.2, 0.25) is 0 Å². The van der Waals surface area contributed by atoms with Crippen LogP contribution in [0.25, 0.3) is 16.9 Å². The summed E-state index contributed by atoms with van der Waals surface area (Å²) in [5, 5.41) is 16.9. The van der Waals surface area contributed by atoms with Crippen LogP contribution in [0.3, 0.4) is 0 Å². The number of alkyl halides is 3. The van der Waals surface area contributed by atoms with Gasteiger partial charge in [0.1, 0.15) is 11.3 Å². The Balaban J connectivity index is 1.38. The van der Waals surface area contributed by atoms with Crippen molar-refractivity contribution in [2.75, 3.05) is 5.73 Å². The van der Waals surface area contributed by atoms with Crippen LogP contribution in [0, 0.1) is 5.92 Å². The highest BCUT2D eigenvalue weighted by molar-refractivity contribution is 6.05. The molecule has 2 aromatic heterocycles. The zero-order valence-corrected chi connectivity index (χ0v) is 21.2. The maximum absolute atomic E-state index is 13.4. The van der Waals surface area contributed by atoms with Gasteiger partial charge >= 0.3 is 6.36 Å². The van der Waals surface area contributed by atoms with Crippen LogP contribution < -0.4 is 15.8 Å². The molecular formula is C26H27F3N6O4. The van der Waals surface area contributed by atoms with Crippen LogP contribution >= 0.6 is 0 Å². The molecule has 1 unspecified atom stereocenters. The van der Waals surface area contributed by atoms with Gasteiger partial charge in [0.15, 0.2) is 11.5 Å². The van der Waals surface area contributed by atoms with E-state index in [1.807, 2.05) is 6.92 Å². The molecule has 13 heteroatoms. The minimum Gasteiger partial charge on any atom is -0.405 e. The van der Waals surface area contributed by atoms with Gasteiger partial charge < -0.3 is 25.8 Å². The number of carbonyl (C=O) groups excluding carboxylic acids is 2. The Labute approximate surface area is 220 Å². The lowest BCUT2D eigenvalue weighted by atomic mass is 9.77. The Kier molecular flexibility index (Phi) is 5.58. The van der Waals surface area contributed by atoms with Crippen molar-refractivity contribution in [1.29, 1.82) is 0 Å². The van der Waals surface area contributed by atoms with Crippen LogP contribution in [0.1, 0.15) is 65.8 Å². The lowest BCUT2D eigenvalue weighted by Crippen LogP contribution is -2.53. The molecule has 206 valence electrons. The molecule has 2 aliphatic carbocycles. The second kappa shape index (κ2) is 8.57. The van der Waals surface area contributed by atoms with Gasteiger partial charge in [-0.2, -0.15) is 0 Å². The number of nitrogens with two attached hydrogens (primary N) is 1. The predicted molar refractivity (Wildman–Crippen MR) is 133 cm³/mol. The average molecular weight is 545 g/mol. The monoisotopic (exact) mass is 544 g/mol. The second-order valence-electron chi connectivity index (χ2n) is 11.0. The van der Waals surface area contributed by atoms with Gasteiger partial charge in [-0.05, 0) is 69.2 Å². The number of anilines is 1. The maximum atomic E-state index is 13.4. The molecule has 3 heterocycles. The molecule has 3 aromatic rings. The molecule has 1 aromatic carbocycles. The molecule has 0 saturated heterocycles. The smallest absolute Gasteiger partial charge is 0.405 e. The molecule has 1 aliphatic heterocycles. The molecule has 4 N–H and O–H groups in total. The topological polar surface area (TPSA) is 135 Å². The van der Waals surface area contributed by atoms with E-state index >= 15 is 0 Å². The summed E-state index contributed by atoms with van der Waals surface area (Å²) in [6, 6.07) is 3.97. The molecule has 2 saturated carbocycles. The summed E-state index contributed by atoms with van der Waals surface area (Å²) in [5.41, 5.74) is 6.16. The first-order valence-corrected chi connectivity index (χ1v) is 12.7. The van der Waals surface area contributed by atoms with Crippen molar-refractivity contribution < 1.29 is 32.6 Å². The first-order valence-electron chi connectivity index (χ1n) is 12.7. The molecule has 1 atom stereocenters. The number of hydrogen-bond donors (Lipinski definition) is 3. The quantitative estimate of drug-likeness (QED) is 0.434. The molecule has 0 bridgehead atoms. The van der Waals surface area contributed by atoms with Gasteiger partial charge in [-0.3, -0.25) is 9.59 Å². The molecule has 2 amide bonds. The number of halogens is 3. The van der Waals surface area contributed by atoms with Gasteiger partial charge in [0.25, 0.3) is 11.8 Å². The van der Waals surface area contributed by atoms with Gasteiger partial charge in [-0.1, -0.05) is 0 Å². The summed E-state index contributed by atoms with van der Waals surface area (Å²) in [4.78, 5) is 32.3. The summed E-state index contributed by atoms with van der Waals surface area (Å²) in [5.74, 6) is -1.32.